The summed E-state index contributed by atoms with van der Waals surface area (Å²) in [6.45, 7) is 10.5. The van der Waals surface area contributed by atoms with Gasteiger partial charge in [0.25, 0.3) is 0 Å². The molecule has 0 radical (unpaired) electrons. The highest BCUT2D eigenvalue weighted by Gasteiger charge is 2.26. The molecule has 0 aliphatic rings. The lowest BCUT2D eigenvalue weighted by Crippen LogP contribution is -2.47. The average Bonchev–Trinajstić information content (AvgIpc) is 2.87. The third-order valence-corrected chi connectivity index (χ3v) is 6.56. The van der Waals surface area contributed by atoms with Crippen LogP contribution in [0.25, 0.3) is 0 Å². The van der Waals surface area contributed by atoms with Gasteiger partial charge in [-0.3, -0.25) is 4.79 Å². The lowest BCUT2D eigenvalue weighted by Gasteiger charge is -2.38. The molecule has 0 atom stereocenters. The molecule has 1 N–H and O–H groups in total. The Bertz CT molecular complexity index is 1110. The van der Waals surface area contributed by atoms with Crippen LogP contribution in [0.1, 0.15) is 30.0 Å². The Morgan fingerprint density at radius 3 is 1.69 bits per heavy atom. The van der Waals surface area contributed by atoms with Gasteiger partial charge >= 0.3 is 0 Å². The van der Waals surface area contributed by atoms with Crippen LogP contribution in [0.4, 0.5) is 0 Å². The zero-order chi connectivity index (χ0) is 26.3. The molecule has 0 spiro atoms. The molecule has 36 heavy (non-hydrogen) atoms. The maximum Gasteiger partial charge on any atom is 0.243 e. The summed E-state index contributed by atoms with van der Waals surface area (Å²) in [5.74, 6) is -0.519. The monoisotopic (exact) mass is 508 g/mol. The first-order chi connectivity index (χ1) is 17.3. The van der Waals surface area contributed by atoms with Crippen molar-refractivity contribution in [1.82, 2.24) is 5.32 Å². The molecular formula is C29H36N2O4S. The Morgan fingerprint density at radius 2 is 1.31 bits per heavy atom. The topological polar surface area (TPSA) is 86.3 Å². The highest BCUT2D eigenvalue weighted by atomic mass is 32.2. The largest absolute Gasteiger partial charge is 0.748 e. The van der Waals surface area contributed by atoms with Crippen LogP contribution in [0.15, 0.2) is 104 Å². The van der Waals surface area contributed by atoms with Gasteiger partial charge in [0, 0.05) is 24.1 Å². The van der Waals surface area contributed by atoms with Gasteiger partial charge in [-0.25, -0.2) is 8.42 Å². The summed E-state index contributed by atoms with van der Waals surface area (Å²) in [4.78, 5) is 11.4. The number of benzene rings is 3. The average molecular weight is 509 g/mol. The molecule has 192 valence electrons. The van der Waals surface area contributed by atoms with Gasteiger partial charge in [0.1, 0.15) is 13.1 Å². The van der Waals surface area contributed by atoms with Crippen molar-refractivity contribution in [2.24, 2.45) is 0 Å². The molecule has 0 saturated heterocycles. The molecule has 3 aromatic rings. The lowest BCUT2D eigenvalue weighted by atomic mass is 10.1. The molecule has 6 nitrogen and oxygen atoms in total. The van der Waals surface area contributed by atoms with E-state index in [1.807, 2.05) is 0 Å². The number of amides is 1. The maximum absolute atomic E-state index is 11.4. The molecule has 3 rings (SSSR count). The molecule has 7 heteroatoms. The van der Waals surface area contributed by atoms with E-state index < -0.39 is 15.9 Å². The predicted octanol–water partition coefficient (Wildman–Crippen LogP) is 4.65. The van der Waals surface area contributed by atoms with Gasteiger partial charge in [-0.2, -0.15) is 0 Å². The van der Waals surface area contributed by atoms with Crippen molar-refractivity contribution < 1.29 is 22.2 Å². The minimum absolute atomic E-state index is 0.0966. The third kappa shape index (κ3) is 11.4. The second-order valence-corrected chi connectivity index (χ2v) is 10.1. The Kier molecular flexibility index (Phi) is 12.1. The van der Waals surface area contributed by atoms with Crippen molar-refractivity contribution in [3.63, 3.8) is 0 Å². The number of nitrogens with zero attached hydrogens (tertiary/aromatic N) is 1. The van der Waals surface area contributed by atoms with Gasteiger partial charge in [0.15, 0.2) is 0 Å². The van der Waals surface area contributed by atoms with Crippen molar-refractivity contribution in [1.29, 1.82) is 0 Å². The summed E-state index contributed by atoms with van der Waals surface area (Å²) in [5.41, 5.74) is 3.24. The summed E-state index contributed by atoms with van der Waals surface area (Å²) < 4.78 is 31.7. The highest BCUT2D eigenvalue weighted by Crippen LogP contribution is 2.20. The number of nitrogens with one attached hydrogen (secondary N) is 1. The van der Waals surface area contributed by atoms with Crippen LogP contribution >= 0.6 is 0 Å². The molecular weight excluding hydrogens is 472 g/mol. The molecule has 0 saturated carbocycles. The van der Waals surface area contributed by atoms with E-state index in [4.69, 9.17) is 0 Å². The number of hydrogen-bond acceptors (Lipinski definition) is 4. The number of hydrogen-bond donors (Lipinski definition) is 1. The molecule has 3 aromatic carbocycles. The van der Waals surface area contributed by atoms with Gasteiger partial charge in [-0.1, -0.05) is 97.6 Å². The molecule has 0 bridgehead atoms. The predicted molar refractivity (Wildman–Crippen MR) is 144 cm³/mol. The minimum Gasteiger partial charge on any atom is -0.748 e. The standard InChI is InChI=1S/C22H28N2O.C7H8O3S/c1-3-22(25)23-16-11-17-24(4-2,18-20-12-7-5-8-13-20)19-21-14-9-6-10-15-21;8-11(9,10)6-7-4-2-1-3-5-7/h3,5-10,12-15H,1,4,11,16-19H2,2H3;1-5H,6H2,(H,8,9,10). The first-order valence-electron chi connectivity index (χ1n) is 12.1. The van der Waals surface area contributed by atoms with Gasteiger partial charge in [-0.05, 0) is 18.6 Å². The smallest absolute Gasteiger partial charge is 0.243 e. The van der Waals surface area contributed by atoms with Crippen LogP contribution in [0, 0.1) is 0 Å². The Labute approximate surface area is 215 Å². The fourth-order valence-corrected chi connectivity index (χ4v) is 4.61. The summed E-state index contributed by atoms with van der Waals surface area (Å²) in [5, 5.41) is 2.89. The highest BCUT2D eigenvalue weighted by molar-refractivity contribution is 7.84. The van der Waals surface area contributed by atoms with E-state index in [0.717, 1.165) is 37.1 Å². The number of carbonyl (C=O) groups is 1. The van der Waals surface area contributed by atoms with E-state index in [9.17, 15) is 17.8 Å². The Balaban J connectivity index is 0.000000346. The fraction of sp³-hybridized carbons (Fsp3) is 0.276. The maximum atomic E-state index is 11.4. The van der Waals surface area contributed by atoms with Crippen LogP contribution < -0.4 is 5.32 Å². The zero-order valence-corrected chi connectivity index (χ0v) is 21.7. The van der Waals surface area contributed by atoms with E-state index in [2.05, 4.69) is 79.5 Å². The normalized spacial score (nSPS) is 11.2. The number of carbonyl (C=O) groups excluding carboxylic acids is 1. The van der Waals surface area contributed by atoms with Crippen LogP contribution in [0.5, 0.6) is 0 Å². The Hall–Kier alpha value is -3.26. The molecule has 0 fully saturated rings. The van der Waals surface area contributed by atoms with Crippen molar-refractivity contribution in [2.45, 2.75) is 32.2 Å². The van der Waals surface area contributed by atoms with E-state index in [-0.39, 0.29) is 5.91 Å². The van der Waals surface area contributed by atoms with Crippen molar-refractivity contribution in [2.75, 3.05) is 19.6 Å². The van der Waals surface area contributed by atoms with Gasteiger partial charge in [0.05, 0.1) is 29.0 Å². The van der Waals surface area contributed by atoms with Crippen molar-refractivity contribution in [3.8, 4) is 0 Å². The van der Waals surface area contributed by atoms with E-state index in [1.54, 1.807) is 30.3 Å². The lowest BCUT2D eigenvalue weighted by molar-refractivity contribution is -0.952. The van der Waals surface area contributed by atoms with Gasteiger partial charge in [-0.15, -0.1) is 0 Å². The number of quaternary nitrogens is 1. The molecule has 0 aromatic heterocycles. The summed E-state index contributed by atoms with van der Waals surface area (Å²) in [6.07, 6.45) is 2.28. The van der Waals surface area contributed by atoms with Crippen LogP contribution in [-0.2, 0) is 33.8 Å². The summed E-state index contributed by atoms with van der Waals surface area (Å²) >= 11 is 0. The Morgan fingerprint density at radius 1 is 0.861 bits per heavy atom. The van der Waals surface area contributed by atoms with Gasteiger partial charge < -0.3 is 14.4 Å². The van der Waals surface area contributed by atoms with Crippen LogP contribution in [-0.4, -0.2) is 43.0 Å². The van der Waals surface area contributed by atoms with Crippen LogP contribution in [0.3, 0.4) is 0 Å². The van der Waals surface area contributed by atoms with Crippen molar-refractivity contribution in [3.05, 3.63) is 120 Å². The molecule has 1 amide bonds. The first-order valence-corrected chi connectivity index (χ1v) is 13.6. The molecule has 0 aliphatic heterocycles. The summed E-state index contributed by atoms with van der Waals surface area (Å²) in [7, 11) is -4.13. The second kappa shape index (κ2) is 15.0. The SMILES string of the molecule is C=CC(=O)NCCC[N+](CC)(Cc1ccccc1)Cc1ccccc1.O=S(=O)([O-])Cc1ccccc1. The van der Waals surface area contributed by atoms with E-state index in [1.165, 1.54) is 17.2 Å². The van der Waals surface area contributed by atoms with E-state index in [0.29, 0.717) is 12.1 Å². The van der Waals surface area contributed by atoms with Crippen molar-refractivity contribution >= 4 is 16.0 Å². The quantitative estimate of drug-likeness (QED) is 0.167. The zero-order valence-electron chi connectivity index (χ0n) is 20.9. The summed E-state index contributed by atoms with van der Waals surface area (Å²) in [6, 6.07) is 29.7. The van der Waals surface area contributed by atoms with Gasteiger partial charge in [0.2, 0.25) is 5.91 Å². The minimum atomic E-state index is -4.13. The third-order valence-electron chi connectivity index (χ3n) is 5.87. The molecule has 0 heterocycles. The second-order valence-electron chi connectivity index (χ2n) is 8.71. The van der Waals surface area contributed by atoms with E-state index >= 15 is 0 Å². The fourth-order valence-electron chi connectivity index (χ4n) is 4.01. The first kappa shape index (κ1) is 29.0. The van der Waals surface area contributed by atoms with Crippen LogP contribution in [0.2, 0.25) is 0 Å². The number of rotatable bonds is 12. The molecule has 0 aliphatic carbocycles. The molecule has 0 unspecified atom stereocenters.